The second kappa shape index (κ2) is 8.00. The summed E-state index contributed by atoms with van der Waals surface area (Å²) in [5, 5.41) is 4.19. The van der Waals surface area contributed by atoms with E-state index in [0.29, 0.717) is 31.1 Å². The molecule has 1 aromatic carbocycles. The van der Waals surface area contributed by atoms with Gasteiger partial charge in [-0.2, -0.15) is 5.10 Å². The Labute approximate surface area is 147 Å². The van der Waals surface area contributed by atoms with Crippen molar-refractivity contribution in [2.24, 2.45) is 0 Å². The number of carbonyl (C=O) groups is 1. The maximum Gasteiger partial charge on any atom is 0.226 e. The Hall–Kier alpha value is -2.57. The highest BCUT2D eigenvalue weighted by Crippen LogP contribution is 2.28. The van der Waals surface area contributed by atoms with Crippen molar-refractivity contribution in [1.82, 2.24) is 19.7 Å². The van der Waals surface area contributed by atoms with Crippen molar-refractivity contribution in [2.75, 3.05) is 26.8 Å². The number of nitrogens with zero attached hydrogens (tertiary/aromatic N) is 4. The van der Waals surface area contributed by atoms with Crippen molar-refractivity contribution in [3.8, 4) is 11.5 Å². The molecule has 1 aliphatic heterocycles. The molecule has 0 unspecified atom stereocenters. The first-order valence-corrected chi connectivity index (χ1v) is 8.56. The highest BCUT2D eigenvalue weighted by Gasteiger charge is 2.25. The minimum absolute atomic E-state index is 0.107. The van der Waals surface area contributed by atoms with Gasteiger partial charge >= 0.3 is 0 Å². The third kappa shape index (κ3) is 4.29. The summed E-state index contributed by atoms with van der Waals surface area (Å²) in [5.41, 5.74) is 1.10. The number of hydrogen-bond donors (Lipinski definition) is 0. The van der Waals surface area contributed by atoms with E-state index in [9.17, 15) is 4.79 Å². The lowest BCUT2D eigenvalue weighted by Crippen LogP contribution is -2.41. The van der Waals surface area contributed by atoms with Crippen molar-refractivity contribution in [3.63, 3.8) is 0 Å². The van der Waals surface area contributed by atoms with E-state index in [1.807, 2.05) is 34.7 Å². The number of aromatic nitrogens is 3. The minimum atomic E-state index is 0.107. The molecule has 0 spiro atoms. The van der Waals surface area contributed by atoms with Crippen molar-refractivity contribution < 1.29 is 14.3 Å². The first-order chi connectivity index (χ1) is 12.2. The van der Waals surface area contributed by atoms with Crippen LogP contribution in [0.4, 0.5) is 0 Å². The van der Waals surface area contributed by atoms with Gasteiger partial charge in [0.15, 0.2) is 11.5 Å². The zero-order chi connectivity index (χ0) is 17.6. The summed E-state index contributed by atoms with van der Waals surface area (Å²) in [7, 11) is 1.62. The first kappa shape index (κ1) is 17.3. The molecular weight excluding hydrogens is 320 g/mol. The largest absolute Gasteiger partial charge is 0.493 e. The number of hydrogen-bond acceptors (Lipinski definition) is 5. The molecule has 0 N–H and O–H groups in total. The zero-order valence-electron chi connectivity index (χ0n) is 14.7. The highest BCUT2D eigenvalue weighted by atomic mass is 16.5. The standard InChI is InChI=1S/C18H24N4O3/c1-14-5-6-16(17(10-14)24-2)25-9-7-18(23)21-8-3-4-15(11-21)22-13-19-12-20-22/h5-6,10,12-13,15H,3-4,7-9,11H2,1-2H3/t15-/m1/s1. The van der Waals surface area contributed by atoms with Crippen LogP contribution < -0.4 is 9.47 Å². The van der Waals surface area contributed by atoms with E-state index in [-0.39, 0.29) is 11.9 Å². The van der Waals surface area contributed by atoms with E-state index in [0.717, 1.165) is 24.9 Å². The van der Waals surface area contributed by atoms with Crippen molar-refractivity contribution in [1.29, 1.82) is 0 Å². The molecule has 0 saturated carbocycles. The van der Waals surface area contributed by atoms with Gasteiger partial charge in [-0.15, -0.1) is 0 Å². The summed E-state index contributed by atoms with van der Waals surface area (Å²) in [6.07, 6.45) is 5.59. The average molecular weight is 344 g/mol. The number of rotatable bonds is 6. The number of aryl methyl sites for hydroxylation is 1. The van der Waals surface area contributed by atoms with Gasteiger partial charge in [0.05, 0.1) is 26.2 Å². The fourth-order valence-corrected chi connectivity index (χ4v) is 3.10. The molecule has 1 aliphatic rings. The van der Waals surface area contributed by atoms with Gasteiger partial charge in [0.25, 0.3) is 0 Å². The van der Waals surface area contributed by atoms with Gasteiger partial charge in [0, 0.05) is 13.1 Å². The Kier molecular flexibility index (Phi) is 5.53. The predicted octanol–water partition coefficient (Wildman–Crippen LogP) is 2.23. The van der Waals surface area contributed by atoms with Crippen LogP contribution in [-0.2, 0) is 4.79 Å². The lowest BCUT2D eigenvalue weighted by molar-refractivity contribution is -0.133. The highest BCUT2D eigenvalue weighted by molar-refractivity contribution is 5.76. The number of piperidine rings is 1. The molecule has 1 fully saturated rings. The average Bonchev–Trinajstić information content (AvgIpc) is 3.17. The van der Waals surface area contributed by atoms with Crippen molar-refractivity contribution in [3.05, 3.63) is 36.4 Å². The van der Waals surface area contributed by atoms with Crippen LogP contribution in [0, 0.1) is 6.92 Å². The SMILES string of the molecule is COc1cc(C)ccc1OCCC(=O)N1CCC[C@@H](n2cncn2)C1. The van der Waals surface area contributed by atoms with Gasteiger partial charge in [-0.25, -0.2) is 9.67 Å². The molecule has 1 amide bonds. The molecule has 0 radical (unpaired) electrons. The van der Waals surface area contributed by atoms with Gasteiger partial charge in [0.1, 0.15) is 12.7 Å². The maximum atomic E-state index is 12.5. The third-order valence-corrected chi connectivity index (χ3v) is 4.45. The molecule has 134 valence electrons. The molecule has 0 aliphatic carbocycles. The molecule has 7 nitrogen and oxygen atoms in total. The fraction of sp³-hybridized carbons (Fsp3) is 0.500. The van der Waals surface area contributed by atoms with Crippen LogP contribution in [0.2, 0.25) is 0 Å². The Morgan fingerprint density at radius 1 is 1.36 bits per heavy atom. The fourth-order valence-electron chi connectivity index (χ4n) is 3.10. The number of carbonyl (C=O) groups excluding carboxylic acids is 1. The first-order valence-electron chi connectivity index (χ1n) is 8.56. The normalized spacial score (nSPS) is 17.4. The number of ether oxygens (including phenoxy) is 2. The van der Waals surface area contributed by atoms with E-state index in [2.05, 4.69) is 10.1 Å². The minimum Gasteiger partial charge on any atom is -0.493 e. The van der Waals surface area contributed by atoms with Crippen LogP contribution in [0.3, 0.4) is 0 Å². The summed E-state index contributed by atoms with van der Waals surface area (Å²) in [4.78, 5) is 18.4. The smallest absolute Gasteiger partial charge is 0.226 e. The van der Waals surface area contributed by atoms with E-state index in [4.69, 9.17) is 9.47 Å². The second-order valence-corrected chi connectivity index (χ2v) is 6.26. The van der Waals surface area contributed by atoms with Crippen molar-refractivity contribution in [2.45, 2.75) is 32.2 Å². The molecule has 7 heteroatoms. The molecule has 25 heavy (non-hydrogen) atoms. The van der Waals surface area contributed by atoms with Crippen molar-refractivity contribution >= 4 is 5.91 Å². The number of methoxy groups -OCH3 is 1. The summed E-state index contributed by atoms with van der Waals surface area (Å²) in [6.45, 7) is 3.80. The molecule has 1 aromatic heterocycles. The second-order valence-electron chi connectivity index (χ2n) is 6.26. The molecule has 1 atom stereocenters. The summed E-state index contributed by atoms with van der Waals surface area (Å²) in [6, 6.07) is 5.97. The van der Waals surface area contributed by atoms with Crippen LogP contribution in [0.15, 0.2) is 30.9 Å². The van der Waals surface area contributed by atoms with Gasteiger partial charge < -0.3 is 14.4 Å². The van der Waals surface area contributed by atoms with Crippen LogP contribution >= 0.6 is 0 Å². The topological polar surface area (TPSA) is 69.5 Å². The maximum absolute atomic E-state index is 12.5. The molecule has 0 bridgehead atoms. The Bertz CT molecular complexity index is 702. The van der Waals surface area contributed by atoms with Gasteiger partial charge in [0.2, 0.25) is 5.91 Å². The number of likely N-dealkylation sites (tertiary alicyclic amines) is 1. The monoisotopic (exact) mass is 344 g/mol. The van der Waals surface area contributed by atoms with Crippen LogP contribution in [-0.4, -0.2) is 52.4 Å². The predicted molar refractivity (Wildman–Crippen MR) is 92.7 cm³/mol. The lowest BCUT2D eigenvalue weighted by Gasteiger charge is -2.32. The molecule has 3 rings (SSSR count). The number of benzene rings is 1. The Morgan fingerprint density at radius 3 is 3.00 bits per heavy atom. The van der Waals surface area contributed by atoms with Gasteiger partial charge in [-0.05, 0) is 37.5 Å². The van der Waals surface area contributed by atoms with Crippen LogP contribution in [0.25, 0.3) is 0 Å². The summed E-state index contributed by atoms with van der Waals surface area (Å²) in [5.74, 6) is 1.47. The van der Waals surface area contributed by atoms with E-state index < -0.39 is 0 Å². The summed E-state index contributed by atoms with van der Waals surface area (Å²) < 4.78 is 12.9. The van der Waals surface area contributed by atoms with Gasteiger partial charge in [-0.1, -0.05) is 6.07 Å². The number of amides is 1. The quantitative estimate of drug-likeness (QED) is 0.804. The van der Waals surface area contributed by atoms with E-state index in [1.165, 1.54) is 6.33 Å². The molecular formula is C18H24N4O3. The Balaban J connectivity index is 1.51. The molecule has 2 heterocycles. The van der Waals surface area contributed by atoms with Crippen LogP contribution in [0.5, 0.6) is 11.5 Å². The third-order valence-electron chi connectivity index (χ3n) is 4.45. The summed E-state index contributed by atoms with van der Waals surface area (Å²) >= 11 is 0. The molecule has 1 saturated heterocycles. The lowest BCUT2D eigenvalue weighted by atomic mass is 10.1. The Morgan fingerprint density at radius 2 is 2.24 bits per heavy atom. The zero-order valence-corrected chi connectivity index (χ0v) is 14.7. The van der Waals surface area contributed by atoms with E-state index in [1.54, 1.807) is 13.4 Å². The molecule has 2 aromatic rings. The van der Waals surface area contributed by atoms with E-state index >= 15 is 0 Å². The van der Waals surface area contributed by atoms with Crippen LogP contribution in [0.1, 0.15) is 30.9 Å². The van der Waals surface area contributed by atoms with Gasteiger partial charge in [-0.3, -0.25) is 4.79 Å².